The first-order chi connectivity index (χ1) is 8.51. The van der Waals surface area contributed by atoms with Crippen LogP contribution in [-0.4, -0.2) is 18.7 Å². The lowest BCUT2D eigenvalue weighted by Crippen LogP contribution is -2.23. The zero-order chi connectivity index (χ0) is 13.3. The first-order valence-electron chi connectivity index (χ1n) is 6.45. The molecule has 0 spiro atoms. The zero-order valence-corrected chi connectivity index (χ0v) is 11.3. The molecule has 18 heavy (non-hydrogen) atoms. The second kappa shape index (κ2) is 4.62. The summed E-state index contributed by atoms with van der Waals surface area (Å²) in [5.74, 6) is 0. The van der Waals surface area contributed by atoms with Crippen molar-refractivity contribution in [3.8, 4) is 6.07 Å². The molecule has 0 radical (unpaired) electrons. The Balaban J connectivity index is 2.34. The van der Waals surface area contributed by atoms with Gasteiger partial charge in [-0.05, 0) is 37.0 Å². The Morgan fingerprint density at radius 1 is 1.56 bits per heavy atom. The molecule has 2 unspecified atom stereocenters. The van der Waals surface area contributed by atoms with Crippen LogP contribution in [0.15, 0.2) is 18.2 Å². The lowest BCUT2D eigenvalue weighted by molar-refractivity contribution is 0.0722. The summed E-state index contributed by atoms with van der Waals surface area (Å²) in [4.78, 5) is 2.22. The first-order valence-corrected chi connectivity index (χ1v) is 6.45. The predicted octanol–water partition coefficient (Wildman–Crippen LogP) is 2.65. The highest BCUT2D eigenvalue weighted by Crippen LogP contribution is 2.38. The summed E-state index contributed by atoms with van der Waals surface area (Å²) in [7, 11) is 2.08. The normalized spacial score (nSPS) is 18.9. The molecule has 1 aromatic rings. The second-order valence-electron chi connectivity index (χ2n) is 5.35. The number of benzene rings is 1. The largest absolute Gasteiger partial charge is 0.387 e. The molecule has 1 aliphatic heterocycles. The predicted molar refractivity (Wildman–Crippen MR) is 72.4 cm³/mol. The SMILES string of the molecule is CCC(C)(C#N)C(O)c1ccc2c(c1)CCN2C. The molecule has 0 aromatic heterocycles. The lowest BCUT2D eigenvalue weighted by atomic mass is 9.79. The number of hydrogen-bond donors (Lipinski definition) is 1. The van der Waals surface area contributed by atoms with Crippen molar-refractivity contribution in [3.63, 3.8) is 0 Å². The minimum absolute atomic E-state index is 0.641. The molecule has 2 rings (SSSR count). The van der Waals surface area contributed by atoms with Gasteiger partial charge in [-0.15, -0.1) is 0 Å². The van der Waals surface area contributed by atoms with E-state index in [1.807, 2.05) is 26.0 Å². The average molecular weight is 244 g/mol. The third-order valence-corrected chi connectivity index (χ3v) is 4.14. The van der Waals surface area contributed by atoms with E-state index in [9.17, 15) is 10.4 Å². The maximum absolute atomic E-state index is 10.4. The molecule has 1 aliphatic rings. The molecule has 3 heteroatoms. The standard InChI is InChI=1S/C15H20N2O/c1-4-15(2,10-16)14(18)12-5-6-13-11(9-12)7-8-17(13)3/h5-6,9,14,18H,4,7-8H2,1-3H3. The molecular formula is C15H20N2O. The van der Waals surface area contributed by atoms with E-state index >= 15 is 0 Å². The van der Waals surface area contributed by atoms with Crippen LogP contribution in [0.4, 0.5) is 5.69 Å². The Morgan fingerprint density at radius 3 is 2.89 bits per heavy atom. The number of aliphatic hydroxyl groups excluding tert-OH is 1. The fourth-order valence-corrected chi connectivity index (χ4v) is 2.46. The number of fused-ring (bicyclic) bond motifs is 1. The van der Waals surface area contributed by atoms with Crippen molar-refractivity contribution >= 4 is 5.69 Å². The Labute approximate surface area is 109 Å². The molecule has 1 heterocycles. The molecular weight excluding hydrogens is 224 g/mol. The van der Waals surface area contributed by atoms with Gasteiger partial charge in [-0.3, -0.25) is 0 Å². The number of likely N-dealkylation sites (N-methyl/N-ethyl adjacent to an activating group) is 1. The smallest absolute Gasteiger partial charge is 0.0973 e. The van der Waals surface area contributed by atoms with E-state index in [0.29, 0.717) is 6.42 Å². The van der Waals surface area contributed by atoms with Crippen LogP contribution in [0.1, 0.15) is 37.5 Å². The first kappa shape index (κ1) is 12.9. The van der Waals surface area contributed by atoms with Crippen molar-refractivity contribution in [2.24, 2.45) is 5.41 Å². The van der Waals surface area contributed by atoms with Crippen molar-refractivity contribution in [3.05, 3.63) is 29.3 Å². The molecule has 1 N–H and O–H groups in total. The van der Waals surface area contributed by atoms with Crippen LogP contribution in [0.25, 0.3) is 0 Å². The van der Waals surface area contributed by atoms with Gasteiger partial charge in [0, 0.05) is 19.3 Å². The molecule has 0 aliphatic carbocycles. The quantitative estimate of drug-likeness (QED) is 0.889. The molecule has 1 aromatic carbocycles. The van der Waals surface area contributed by atoms with E-state index in [2.05, 4.69) is 24.1 Å². The van der Waals surface area contributed by atoms with E-state index in [4.69, 9.17) is 0 Å². The Kier molecular flexibility index (Phi) is 3.32. The Bertz CT molecular complexity index is 492. The van der Waals surface area contributed by atoms with Crippen molar-refractivity contribution in [1.29, 1.82) is 5.26 Å². The van der Waals surface area contributed by atoms with Gasteiger partial charge in [-0.25, -0.2) is 0 Å². The highest BCUT2D eigenvalue weighted by atomic mass is 16.3. The fraction of sp³-hybridized carbons (Fsp3) is 0.533. The topological polar surface area (TPSA) is 47.3 Å². The van der Waals surface area contributed by atoms with Gasteiger partial charge < -0.3 is 10.0 Å². The highest BCUT2D eigenvalue weighted by molar-refractivity contribution is 5.58. The number of nitrogens with zero attached hydrogens (tertiary/aromatic N) is 2. The van der Waals surface area contributed by atoms with Crippen LogP contribution < -0.4 is 4.90 Å². The number of anilines is 1. The van der Waals surface area contributed by atoms with Gasteiger partial charge in [0.1, 0.15) is 0 Å². The maximum atomic E-state index is 10.4. The summed E-state index contributed by atoms with van der Waals surface area (Å²) in [6, 6.07) is 8.28. The zero-order valence-electron chi connectivity index (χ0n) is 11.3. The van der Waals surface area contributed by atoms with Crippen LogP contribution >= 0.6 is 0 Å². The van der Waals surface area contributed by atoms with Crippen molar-refractivity contribution in [2.45, 2.75) is 32.8 Å². The summed E-state index contributed by atoms with van der Waals surface area (Å²) >= 11 is 0. The van der Waals surface area contributed by atoms with E-state index in [-0.39, 0.29) is 0 Å². The van der Waals surface area contributed by atoms with E-state index in [1.54, 1.807) is 0 Å². The second-order valence-corrected chi connectivity index (χ2v) is 5.35. The summed E-state index contributed by atoms with van der Waals surface area (Å²) in [6.45, 7) is 4.78. The molecule has 96 valence electrons. The maximum Gasteiger partial charge on any atom is 0.0973 e. The summed E-state index contributed by atoms with van der Waals surface area (Å²) < 4.78 is 0. The van der Waals surface area contributed by atoms with Crippen LogP contribution in [0.2, 0.25) is 0 Å². The molecule has 0 saturated carbocycles. The van der Waals surface area contributed by atoms with Gasteiger partial charge >= 0.3 is 0 Å². The van der Waals surface area contributed by atoms with E-state index in [1.165, 1.54) is 11.3 Å². The third kappa shape index (κ3) is 1.97. The number of hydrogen-bond acceptors (Lipinski definition) is 3. The number of nitriles is 1. The van der Waals surface area contributed by atoms with Gasteiger partial charge in [-0.1, -0.05) is 19.1 Å². The monoisotopic (exact) mass is 244 g/mol. The van der Waals surface area contributed by atoms with Gasteiger partial charge in [0.25, 0.3) is 0 Å². The Hall–Kier alpha value is -1.53. The van der Waals surface area contributed by atoms with Crippen LogP contribution in [0.3, 0.4) is 0 Å². The van der Waals surface area contributed by atoms with Gasteiger partial charge in [-0.2, -0.15) is 5.26 Å². The minimum atomic E-state index is -0.719. The minimum Gasteiger partial charge on any atom is -0.387 e. The molecule has 0 saturated heterocycles. The number of aliphatic hydroxyl groups is 1. The van der Waals surface area contributed by atoms with Crippen LogP contribution in [0, 0.1) is 16.7 Å². The molecule has 2 atom stereocenters. The summed E-state index contributed by atoms with van der Waals surface area (Å²) in [5, 5.41) is 19.6. The van der Waals surface area contributed by atoms with Crippen LogP contribution in [-0.2, 0) is 6.42 Å². The van der Waals surface area contributed by atoms with Crippen molar-refractivity contribution in [2.75, 3.05) is 18.5 Å². The molecule has 3 nitrogen and oxygen atoms in total. The summed E-state index contributed by atoms with van der Waals surface area (Å²) in [6.07, 6.45) is 0.937. The van der Waals surface area contributed by atoms with Crippen molar-refractivity contribution in [1.82, 2.24) is 0 Å². The lowest BCUT2D eigenvalue weighted by Gasteiger charge is -2.27. The Morgan fingerprint density at radius 2 is 2.28 bits per heavy atom. The van der Waals surface area contributed by atoms with Gasteiger partial charge in [0.05, 0.1) is 17.6 Å². The van der Waals surface area contributed by atoms with Gasteiger partial charge in [0.15, 0.2) is 0 Å². The molecule has 0 bridgehead atoms. The summed E-state index contributed by atoms with van der Waals surface area (Å²) in [5.41, 5.74) is 2.65. The van der Waals surface area contributed by atoms with E-state index < -0.39 is 11.5 Å². The molecule has 0 fully saturated rings. The number of rotatable bonds is 3. The highest BCUT2D eigenvalue weighted by Gasteiger charge is 2.33. The van der Waals surface area contributed by atoms with Crippen molar-refractivity contribution < 1.29 is 5.11 Å². The molecule has 0 amide bonds. The average Bonchev–Trinajstić information content (AvgIpc) is 2.78. The van der Waals surface area contributed by atoms with Gasteiger partial charge in [0.2, 0.25) is 0 Å². The van der Waals surface area contributed by atoms with Crippen LogP contribution in [0.5, 0.6) is 0 Å². The fourth-order valence-electron chi connectivity index (χ4n) is 2.46. The van der Waals surface area contributed by atoms with E-state index in [0.717, 1.165) is 18.5 Å². The third-order valence-electron chi connectivity index (χ3n) is 4.14.